The summed E-state index contributed by atoms with van der Waals surface area (Å²) in [5.74, 6) is 2.25. The molecule has 1 aromatic rings. The van der Waals surface area contributed by atoms with Crippen molar-refractivity contribution in [2.24, 2.45) is 5.92 Å². The van der Waals surface area contributed by atoms with Crippen molar-refractivity contribution in [3.8, 4) is 0 Å². The van der Waals surface area contributed by atoms with Crippen molar-refractivity contribution in [2.45, 2.75) is 27.2 Å². The first-order valence-electron chi connectivity index (χ1n) is 5.57. The molecule has 0 spiro atoms. The van der Waals surface area contributed by atoms with Crippen LogP contribution in [0.3, 0.4) is 0 Å². The minimum absolute atomic E-state index is 0.669. The quantitative estimate of drug-likeness (QED) is 0.753. The maximum absolute atomic E-state index is 4.34. The third-order valence-electron chi connectivity index (χ3n) is 2.32. The summed E-state index contributed by atoms with van der Waals surface area (Å²) in [7, 11) is 0. The van der Waals surface area contributed by atoms with Crippen LogP contribution in [0.5, 0.6) is 0 Å². The van der Waals surface area contributed by atoms with Crippen LogP contribution >= 0.6 is 0 Å². The van der Waals surface area contributed by atoms with Gasteiger partial charge in [0.25, 0.3) is 0 Å². The van der Waals surface area contributed by atoms with E-state index in [4.69, 9.17) is 0 Å². The van der Waals surface area contributed by atoms with Crippen molar-refractivity contribution < 1.29 is 0 Å². The van der Waals surface area contributed by atoms with Crippen molar-refractivity contribution in [3.63, 3.8) is 0 Å². The van der Waals surface area contributed by atoms with Gasteiger partial charge in [-0.1, -0.05) is 20.3 Å². The first-order valence-corrected chi connectivity index (χ1v) is 5.57. The lowest BCUT2D eigenvalue weighted by molar-refractivity contribution is 0.592. The number of nitrogens with one attached hydrogen (secondary N) is 2. The zero-order valence-corrected chi connectivity index (χ0v) is 9.75. The third kappa shape index (κ3) is 4.14. The normalized spacial score (nSPS) is 12.2. The van der Waals surface area contributed by atoms with Gasteiger partial charge in [-0.2, -0.15) is 4.98 Å². The Kier molecular flexibility index (Phi) is 4.87. The van der Waals surface area contributed by atoms with Gasteiger partial charge in [-0.15, -0.1) is 0 Å². The highest BCUT2D eigenvalue weighted by molar-refractivity contribution is 5.39. The molecular formula is C11H20N4. The first-order chi connectivity index (χ1) is 7.26. The van der Waals surface area contributed by atoms with E-state index < -0.39 is 0 Å². The number of nitrogens with zero attached hydrogens (tertiary/aromatic N) is 2. The minimum Gasteiger partial charge on any atom is -0.370 e. The molecule has 0 aliphatic rings. The van der Waals surface area contributed by atoms with Crippen LogP contribution in [0.4, 0.5) is 11.8 Å². The number of hydrogen-bond donors (Lipinski definition) is 2. The van der Waals surface area contributed by atoms with Crippen LogP contribution in [-0.2, 0) is 0 Å². The summed E-state index contributed by atoms with van der Waals surface area (Å²) in [5, 5.41) is 6.39. The lowest BCUT2D eigenvalue weighted by atomic mass is 10.1. The van der Waals surface area contributed by atoms with E-state index in [1.54, 1.807) is 6.20 Å². The molecule has 1 atom stereocenters. The van der Waals surface area contributed by atoms with E-state index >= 15 is 0 Å². The molecule has 1 aromatic heterocycles. The molecule has 0 fully saturated rings. The summed E-state index contributed by atoms with van der Waals surface area (Å²) in [6.07, 6.45) is 2.95. The first kappa shape index (κ1) is 11.8. The maximum atomic E-state index is 4.34. The molecule has 2 N–H and O–H groups in total. The second-order valence-electron chi connectivity index (χ2n) is 3.69. The summed E-state index contributed by atoms with van der Waals surface area (Å²) in [6, 6.07) is 1.89. The molecule has 0 aliphatic heterocycles. The van der Waals surface area contributed by atoms with Crippen molar-refractivity contribution in [1.29, 1.82) is 0 Å². The van der Waals surface area contributed by atoms with E-state index in [1.807, 2.05) is 13.0 Å². The Hall–Kier alpha value is -1.32. The molecule has 1 rings (SSSR count). The van der Waals surface area contributed by atoms with Crippen LogP contribution in [0.15, 0.2) is 12.3 Å². The molecule has 0 aromatic carbocycles. The van der Waals surface area contributed by atoms with Crippen molar-refractivity contribution in [2.75, 3.05) is 23.7 Å². The van der Waals surface area contributed by atoms with Crippen LogP contribution in [0, 0.1) is 5.92 Å². The van der Waals surface area contributed by atoms with E-state index in [0.29, 0.717) is 11.9 Å². The van der Waals surface area contributed by atoms with Gasteiger partial charge in [-0.05, 0) is 18.9 Å². The summed E-state index contributed by atoms with van der Waals surface area (Å²) in [6.45, 7) is 8.24. The van der Waals surface area contributed by atoms with Crippen LogP contribution in [0.25, 0.3) is 0 Å². The molecule has 0 saturated carbocycles. The number of anilines is 2. The van der Waals surface area contributed by atoms with E-state index in [1.165, 1.54) is 6.42 Å². The predicted octanol–water partition coefficient (Wildman–Crippen LogP) is 2.37. The standard InChI is InChI=1S/C11H20N4/c1-4-9(3)8-14-10-6-7-13-11(15-10)12-5-2/h6-7,9H,4-5,8H2,1-3H3,(H2,12,13,14,15). The van der Waals surface area contributed by atoms with Gasteiger partial charge in [-0.25, -0.2) is 4.98 Å². The largest absolute Gasteiger partial charge is 0.370 e. The zero-order chi connectivity index (χ0) is 11.1. The number of aromatic nitrogens is 2. The second-order valence-corrected chi connectivity index (χ2v) is 3.69. The average Bonchev–Trinajstić information content (AvgIpc) is 2.27. The van der Waals surface area contributed by atoms with Gasteiger partial charge < -0.3 is 10.6 Å². The van der Waals surface area contributed by atoms with E-state index in [2.05, 4.69) is 34.4 Å². The van der Waals surface area contributed by atoms with Gasteiger partial charge >= 0.3 is 0 Å². The van der Waals surface area contributed by atoms with Gasteiger partial charge in [0.15, 0.2) is 0 Å². The summed E-state index contributed by atoms with van der Waals surface area (Å²) >= 11 is 0. The number of hydrogen-bond acceptors (Lipinski definition) is 4. The fourth-order valence-corrected chi connectivity index (χ4v) is 1.12. The molecule has 4 nitrogen and oxygen atoms in total. The van der Waals surface area contributed by atoms with Crippen LogP contribution in [0.1, 0.15) is 27.2 Å². The highest BCUT2D eigenvalue weighted by Crippen LogP contribution is 2.07. The molecule has 0 aliphatic carbocycles. The molecular weight excluding hydrogens is 188 g/mol. The summed E-state index contributed by atoms with van der Waals surface area (Å²) in [5.41, 5.74) is 0. The van der Waals surface area contributed by atoms with Gasteiger partial charge in [-0.3, -0.25) is 0 Å². The fourth-order valence-electron chi connectivity index (χ4n) is 1.12. The van der Waals surface area contributed by atoms with E-state index in [0.717, 1.165) is 18.9 Å². The molecule has 0 saturated heterocycles. The van der Waals surface area contributed by atoms with E-state index in [-0.39, 0.29) is 0 Å². The smallest absolute Gasteiger partial charge is 0.224 e. The highest BCUT2D eigenvalue weighted by Gasteiger charge is 2.00. The molecule has 0 bridgehead atoms. The fraction of sp³-hybridized carbons (Fsp3) is 0.636. The Balaban J connectivity index is 2.50. The Morgan fingerprint density at radius 1 is 1.33 bits per heavy atom. The summed E-state index contributed by atoms with van der Waals surface area (Å²) < 4.78 is 0. The predicted molar refractivity (Wildman–Crippen MR) is 64.1 cm³/mol. The molecule has 15 heavy (non-hydrogen) atoms. The van der Waals surface area contributed by atoms with Crippen molar-refractivity contribution in [1.82, 2.24) is 9.97 Å². The molecule has 1 heterocycles. The van der Waals surface area contributed by atoms with E-state index in [9.17, 15) is 0 Å². The van der Waals surface area contributed by atoms with Gasteiger partial charge in [0.05, 0.1) is 0 Å². The maximum Gasteiger partial charge on any atom is 0.224 e. The lowest BCUT2D eigenvalue weighted by Crippen LogP contribution is -2.12. The Morgan fingerprint density at radius 2 is 2.13 bits per heavy atom. The number of rotatable bonds is 6. The van der Waals surface area contributed by atoms with Gasteiger partial charge in [0.1, 0.15) is 5.82 Å². The minimum atomic E-state index is 0.669. The highest BCUT2D eigenvalue weighted by atomic mass is 15.1. The monoisotopic (exact) mass is 208 g/mol. The average molecular weight is 208 g/mol. The Bertz CT molecular complexity index is 288. The van der Waals surface area contributed by atoms with Crippen LogP contribution < -0.4 is 10.6 Å². The van der Waals surface area contributed by atoms with Crippen molar-refractivity contribution >= 4 is 11.8 Å². The molecule has 0 amide bonds. The zero-order valence-electron chi connectivity index (χ0n) is 9.75. The van der Waals surface area contributed by atoms with Gasteiger partial charge in [0.2, 0.25) is 5.95 Å². The Morgan fingerprint density at radius 3 is 2.80 bits per heavy atom. The van der Waals surface area contributed by atoms with Crippen LogP contribution in [-0.4, -0.2) is 23.1 Å². The lowest BCUT2D eigenvalue weighted by Gasteiger charge is -2.11. The Labute approximate surface area is 91.5 Å². The van der Waals surface area contributed by atoms with Crippen LogP contribution in [0.2, 0.25) is 0 Å². The third-order valence-corrected chi connectivity index (χ3v) is 2.32. The topological polar surface area (TPSA) is 49.8 Å². The van der Waals surface area contributed by atoms with Crippen molar-refractivity contribution in [3.05, 3.63) is 12.3 Å². The van der Waals surface area contributed by atoms with Gasteiger partial charge in [0, 0.05) is 19.3 Å². The molecule has 84 valence electrons. The molecule has 0 radical (unpaired) electrons. The second kappa shape index (κ2) is 6.22. The summed E-state index contributed by atoms with van der Waals surface area (Å²) in [4.78, 5) is 8.45. The molecule has 4 heteroatoms. The SMILES string of the molecule is CCNc1nccc(NCC(C)CC)n1. The molecule has 1 unspecified atom stereocenters.